The van der Waals surface area contributed by atoms with E-state index in [4.69, 9.17) is 10.2 Å². The van der Waals surface area contributed by atoms with E-state index in [1.165, 1.54) is 12.3 Å². The van der Waals surface area contributed by atoms with Gasteiger partial charge in [-0.15, -0.1) is 0 Å². The highest BCUT2D eigenvalue weighted by Crippen LogP contribution is 2.29. The minimum atomic E-state index is -0.759. The molecule has 5 heteroatoms. The zero-order valence-electron chi connectivity index (χ0n) is 8.08. The van der Waals surface area contributed by atoms with Gasteiger partial charge in [-0.1, -0.05) is 6.07 Å². The van der Waals surface area contributed by atoms with Gasteiger partial charge < -0.3 is 10.2 Å². The van der Waals surface area contributed by atoms with E-state index in [-0.39, 0.29) is 5.56 Å². The van der Waals surface area contributed by atoms with Crippen LogP contribution in [0.2, 0.25) is 0 Å². The van der Waals surface area contributed by atoms with Crippen molar-refractivity contribution >= 4 is 15.9 Å². The van der Waals surface area contributed by atoms with Gasteiger partial charge in [0.05, 0.1) is 16.8 Å². The molecule has 0 saturated carbocycles. The first kappa shape index (κ1) is 11.3. The van der Waals surface area contributed by atoms with Crippen LogP contribution in [0.3, 0.4) is 0 Å². The number of benzene rings is 1. The summed E-state index contributed by atoms with van der Waals surface area (Å²) in [6.07, 6.45) is 1.45. The van der Waals surface area contributed by atoms with Gasteiger partial charge in [-0.25, -0.2) is 8.78 Å². The van der Waals surface area contributed by atoms with Crippen LogP contribution in [0, 0.1) is 11.6 Å². The Balaban J connectivity index is 2.41. The van der Waals surface area contributed by atoms with Crippen LogP contribution in [-0.4, -0.2) is 0 Å². The van der Waals surface area contributed by atoms with Crippen molar-refractivity contribution in [3.8, 4) is 0 Å². The molecule has 2 nitrogen and oxygen atoms in total. The van der Waals surface area contributed by atoms with Crippen molar-refractivity contribution in [3.05, 3.63) is 58.0 Å². The molecule has 1 heterocycles. The fourth-order valence-electron chi connectivity index (χ4n) is 1.42. The molecular weight excluding hydrogens is 280 g/mol. The maximum atomic E-state index is 13.4. The summed E-state index contributed by atoms with van der Waals surface area (Å²) in [6, 6.07) is 4.17. The van der Waals surface area contributed by atoms with Crippen LogP contribution in [0.1, 0.15) is 17.4 Å². The first-order chi connectivity index (χ1) is 7.59. The maximum absolute atomic E-state index is 13.4. The van der Waals surface area contributed by atoms with E-state index in [0.29, 0.717) is 10.2 Å². The summed E-state index contributed by atoms with van der Waals surface area (Å²) in [5.74, 6) is -0.909. The van der Waals surface area contributed by atoms with Crippen LogP contribution in [0.5, 0.6) is 0 Å². The van der Waals surface area contributed by atoms with Crippen LogP contribution < -0.4 is 5.73 Å². The molecule has 16 heavy (non-hydrogen) atoms. The summed E-state index contributed by atoms with van der Waals surface area (Å²) in [6.45, 7) is 0. The van der Waals surface area contributed by atoms with Crippen LogP contribution in [0.4, 0.5) is 8.78 Å². The second-order valence-electron chi connectivity index (χ2n) is 3.28. The van der Waals surface area contributed by atoms with Crippen LogP contribution in [-0.2, 0) is 0 Å². The number of rotatable bonds is 2. The Hall–Kier alpha value is -1.20. The maximum Gasteiger partial charge on any atom is 0.139 e. The van der Waals surface area contributed by atoms with Crippen molar-refractivity contribution < 1.29 is 13.2 Å². The zero-order valence-corrected chi connectivity index (χ0v) is 9.67. The van der Waals surface area contributed by atoms with E-state index in [1.54, 1.807) is 6.07 Å². The molecular formula is C11H8BrF2NO. The van der Waals surface area contributed by atoms with Crippen LogP contribution >= 0.6 is 15.9 Å². The fraction of sp³-hybridized carbons (Fsp3) is 0.0909. The summed E-state index contributed by atoms with van der Waals surface area (Å²) >= 11 is 3.23. The fourth-order valence-corrected chi connectivity index (χ4v) is 1.87. The van der Waals surface area contributed by atoms with Gasteiger partial charge in [-0.3, -0.25) is 0 Å². The first-order valence-corrected chi connectivity index (χ1v) is 5.32. The van der Waals surface area contributed by atoms with Gasteiger partial charge >= 0.3 is 0 Å². The Labute approximate surface area is 99.2 Å². The summed E-state index contributed by atoms with van der Waals surface area (Å²) in [5, 5.41) is 0. The summed E-state index contributed by atoms with van der Waals surface area (Å²) in [5.41, 5.74) is 6.02. The number of furan rings is 1. The largest absolute Gasteiger partial charge is 0.466 e. The monoisotopic (exact) mass is 287 g/mol. The van der Waals surface area contributed by atoms with E-state index in [1.807, 2.05) is 0 Å². The Morgan fingerprint density at radius 3 is 2.56 bits per heavy atom. The second kappa shape index (κ2) is 4.35. The van der Waals surface area contributed by atoms with Crippen molar-refractivity contribution in [3.63, 3.8) is 0 Å². The molecule has 1 aromatic heterocycles. The van der Waals surface area contributed by atoms with Gasteiger partial charge in [0, 0.05) is 11.6 Å². The van der Waals surface area contributed by atoms with Crippen molar-refractivity contribution in [1.29, 1.82) is 0 Å². The Kier molecular flexibility index (Phi) is 3.07. The molecule has 2 N–H and O–H groups in total. The summed E-state index contributed by atoms with van der Waals surface area (Å²) in [4.78, 5) is 0. The summed E-state index contributed by atoms with van der Waals surface area (Å²) in [7, 11) is 0. The third kappa shape index (κ3) is 2.01. The lowest BCUT2D eigenvalue weighted by Crippen LogP contribution is -2.13. The van der Waals surface area contributed by atoms with Crippen LogP contribution in [0.25, 0.3) is 0 Å². The molecule has 0 aliphatic heterocycles. The van der Waals surface area contributed by atoms with Crippen molar-refractivity contribution in [2.45, 2.75) is 6.04 Å². The normalized spacial score (nSPS) is 12.8. The molecule has 0 amide bonds. The summed E-state index contributed by atoms with van der Waals surface area (Å²) < 4.78 is 32.0. The third-order valence-electron chi connectivity index (χ3n) is 2.22. The van der Waals surface area contributed by atoms with Crippen molar-refractivity contribution in [2.75, 3.05) is 0 Å². The Morgan fingerprint density at radius 2 is 2.00 bits per heavy atom. The molecule has 0 aliphatic rings. The molecule has 0 radical (unpaired) electrons. The van der Waals surface area contributed by atoms with Gasteiger partial charge in [0.25, 0.3) is 0 Å². The Morgan fingerprint density at radius 1 is 1.25 bits per heavy atom. The van der Waals surface area contributed by atoms with E-state index in [2.05, 4.69) is 15.9 Å². The van der Waals surface area contributed by atoms with Gasteiger partial charge in [-0.2, -0.15) is 0 Å². The molecule has 0 bridgehead atoms. The van der Waals surface area contributed by atoms with E-state index < -0.39 is 17.7 Å². The highest BCUT2D eigenvalue weighted by molar-refractivity contribution is 9.10. The predicted molar refractivity (Wildman–Crippen MR) is 58.8 cm³/mol. The first-order valence-electron chi connectivity index (χ1n) is 4.53. The quantitative estimate of drug-likeness (QED) is 0.920. The average molecular weight is 288 g/mol. The molecule has 0 spiro atoms. The minimum absolute atomic E-state index is 0.192. The second-order valence-corrected chi connectivity index (χ2v) is 4.13. The number of hydrogen-bond donors (Lipinski definition) is 1. The molecule has 0 fully saturated rings. The van der Waals surface area contributed by atoms with Gasteiger partial charge in [0.2, 0.25) is 0 Å². The molecule has 0 aliphatic carbocycles. The lowest BCUT2D eigenvalue weighted by molar-refractivity contribution is 0.476. The number of hydrogen-bond acceptors (Lipinski definition) is 2. The van der Waals surface area contributed by atoms with E-state index >= 15 is 0 Å². The molecule has 2 rings (SSSR count). The molecule has 1 unspecified atom stereocenters. The van der Waals surface area contributed by atoms with E-state index in [0.717, 1.165) is 12.1 Å². The topological polar surface area (TPSA) is 39.2 Å². The lowest BCUT2D eigenvalue weighted by atomic mass is 10.0. The molecule has 0 saturated heterocycles. The average Bonchev–Trinajstić information content (AvgIpc) is 2.63. The predicted octanol–water partition coefficient (Wildman–Crippen LogP) is 3.37. The SMILES string of the molecule is NC(c1ccc(F)cc1F)c1occc1Br. The minimum Gasteiger partial charge on any atom is -0.466 e. The zero-order chi connectivity index (χ0) is 11.7. The third-order valence-corrected chi connectivity index (χ3v) is 2.88. The van der Waals surface area contributed by atoms with E-state index in [9.17, 15) is 8.78 Å². The molecule has 2 aromatic rings. The number of nitrogens with two attached hydrogens (primary N) is 1. The molecule has 84 valence electrons. The standard InChI is InChI=1S/C11H8BrF2NO/c12-8-3-4-16-11(8)10(15)7-2-1-6(13)5-9(7)14/h1-5,10H,15H2. The number of halogens is 3. The molecule has 1 aromatic carbocycles. The van der Waals surface area contributed by atoms with Crippen molar-refractivity contribution in [2.24, 2.45) is 5.73 Å². The lowest BCUT2D eigenvalue weighted by Gasteiger charge is -2.10. The van der Waals surface area contributed by atoms with Gasteiger partial charge in [0.1, 0.15) is 17.4 Å². The Bertz CT molecular complexity index is 512. The van der Waals surface area contributed by atoms with Crippen molar-refractivity contribution in [1.82, 2.24) is 0 Å². The van der Waals surface area contributed by atoms with Gasteiger partial charge in [0.15, 0.2) is 0 Å². The van der Waals surface area contributed by atoms with Gasteiger partial charge in [-0.05, 0) is 28.1 Å². The van der Waals surface area contributed by atoms with Crippen LogP contribution in [0.15, 0.2) is 39.4 Å². The highest BCUT2D eigenvalue weighted by atomic mass is 79.9. The highest BCUT2D eigenvalue weighted by Gasteiger charge is 2.19. The molecule has 1 atom stereocenters. The smallest absolute Gasteiger partial charge is 0.139 e.